The first-order valence-electron chi connectivity index (χ1n) is 10.8. The molecule has 0 spiro atoms. The highest BCUT2D eigenvalue weighted by Crippen LogP contribution is 2.21. The Bertz CT molecular complexity index is 846. The van der Waals surface area contributed by atoms with Crippen LogP contribution < -0.4 is 5.32 Å². The van der Waals surface area contributed by atoms with Crippen LogP contribution in [-0.2, 0) is 8.98 Å². The summed E-state index contributed by atoms with van der Waals surface area (Å²) in [6.45, 7) is 7.59. The molecule has 0 saturated heterocycles. The van der Waals surface area contributed by atoms with E-state index in [2.05, 4.69) is 42.4 Å². The largest absolute Gasteiger partial charge is 0.352 e. The Morgan fingerprint density at radius 2 is 1.93 bits per heavy atom. The summed E-state index contributed by atoms with van der Waals surface area (Å²) in [7, 11) is 0. The number of aromatic nitrogens is 1. The Morgan fingerprint density at radius 3 is 2.77 bits per heavy atom. The fourth-order valence-corrected chi connectivity index (χ4v) is 3.43. The number of amides is 1. The third kappa shape index (κ3) is 10.1. The van der Waals surface area contributed by atoms with E-state index in [9.17, 15) is 4.79 Å². The Kier molecular flexibility index (Phi) is 11.3. The molecule has 0 radical (unpaired) electrons. The van der Waals surface area contributed by atoms with Crippen LogP contribution in [-0.4, -0.2) is 24.0 Å². The Labute approximate surface area is 185 Å². The molecule has 2 rings (SSSR count). The normalized spacial score (nSPS) is 12.2. The number of carbonyl (C=O) groups is 1. The van der Waals surface area contributed by atoms with E-state index in [1.54, 1.807) is 6.08 Å². The van der Waals surface area contributed by atoms with Crippen molar-refractivity contribution < 1.29 is 8.98 Å². The monoisotopic (exact) mass is 426 g/mol. The van der Waals surface area contributed by atoms with Crippen molar-refractivity contribution in [3.05, 3.63) is 60.2 Å². The summed E-state index contributed by atoms with van der Waals surface area (Å²) in [6, 6.07) is 12.2. The molecule has 30 heavy (non-hydrogen) atoms. The molecule has 0 aliphatic rings. The summed E-state index contributed by atoms with van der Waals surface area (Å²) in [5, 5.41) is 4.95. The number of benzene rings is 1. The van der Waals surface area contributed by atoms with Crippen LogP contribution in [0.15, 0.2) is 65.2 Å². The number of allylic oxidation sites excluding steroid dienone is 3. The van der Waals surface area contributed by atoms with Crippen LogP contribution in [0.1, 0.15) is 52.9 Å². The second kappa shape index (κ2) is 14.0. The molecule has 1 amide bonds. The van der Waals surface area contributed by atoms with Gasteiger partial charge < -0.3 is 9.50 Å². The molecule has 1 heterocycles. The maximum absolute atomic E-state index is 11.7. The number of hydrogen-bond acceptors (Lipinski definition) is 4. The highest BCUT2D eigenvalue weighted by Gasteiger charge is 2.00. The van der Waals surface area contributed by atoms with Crippen molar-refractivity contribution in [3.63, 3.8) is 0 Å². The molecule has 0 fully saturated rings. The maximum Gasteiger partial charge on any atom is 0.244 e. The maximum atomic E-state index is 11.7. The number of carbonyl (C=O) groups excluding carboxylic acids is 1. The number of nitrogens with zero attached hydrogens (tertiary/aromatic N) is 1. The smallest absolute Gasteiger partial charge is 0.244 e. The molecule has 4 nitrogen and oxygen atoms in total. The number of unbranched alkanes of at least 4 members (excludes halogenated alkanes) is 4. The molecule has 0 bridgehead atoms. The molecule has 5 heteroatoms. The van der Waals surface area contributed by atoms with Crippen molar-refractivity contribution in [2.75, 3.05) is 13.2 Å². The molecule has 162 valence electrons. The van der Waals surface area contributed by atoms with Gasteiger partial charge in [-0.3, -0.25) is 4.79 Å². The number of nitrogens with one attached hydrogen (secondary N) is 1. The quantitative estimate of drug-likeness (QED) is 0.172. The van der Waals surface area contributed by atoms with E-state index < -0.39 is 0 Å². The van der Waals surface area contributed by atoms with Crippen molar-refractivity contribution in [2.24, 2.45) is 5.92 Å². The van der Waals surface area contributed by atoms with Gasteiger partial charge in [0.05, 0.1) is 12.1 Å². The van der Waals surface area contributed by atoms with Crippen LogP contribution in [0.3, 0.4) is 0 Å². The molecular formula is C25H34N2O2S. The molecule has 0 aliphatic heterocycles. The molecule has 0 atom stereocenters. The van der Waals surface area contributed by atoms with Gasteiger partial charge in [0.2, 0.25) is 5.91 Å². The van der Waals surface area contributed by atoms with Gasteiger partial charge >= 0.3 is 0 Å². The lowest BCUT2D eigenvalue weighted by Crippen LogP contribution is -2.25. The average molecular weight is 427 g/mol. The van der Waals surface area contributed by atoms with Gasteiger partial charge in [-0.1, -0.05) is 63.1 Å². The standard InChI is InChI=1S/C25H34N2O2S/c1-20(2)19-26-24(28)18-21(3)12-8-6-4-5-7-11-17-29-30-25-16-15-22-13-9-10-14-23(22)27-25/h8-10,12-16,18,20H,4-7,11,17,19H2,1-3H3,(H,26,28). The molecule has 2 aromatic rings. The lowest BCUT2D eigenvalue weighted by molar-refractivity contribution is -0.116. The van der Waals surface area contributed by atoms with E-state index in [1.807, 2.05) is 37.3 Å². The van der Waals surface area contributed by atoms with E-state index in [-0.39, 0.29) is 5.91 Å². The summed E-state index contributed by atoms with van der Waals surface area (Å²) in [5.41, 5.74) is 1.99. The topological polar surface area (TPSA) is 51.2 Å². The van der Waals surface area contributed by atoms with E-state index in [1.165, 1.54) is 18.5 Å². The second-order valence-electron chi connectivity index (χ2n) is 7.88. The lowest BCUT2D eigenvalue weighted by Gasteiger charge is -2.04. The van der Waals surface area contributed by atoms with Gasteiger partial charge in [-0.15, -0.1) is 0 Å². The minimum Gasteiger partial charge on any atom is -0.352 e. The Balaban J connectivity index is 1.50. The summed E-state index contributed by atoms with van der Waals surface area (Å²) in [4.78, 5) is 16.3. The molecular weight excluding hydrogens is 392 g/mol. The predicted molar refractivity (Wildman–Crippen MR) is 127 cm³/mol. The van der Waals surface area contributed by atoms with Crippen LogP contribution in [0.25, 0.3) is 10.9 Å². The molecule has 1 aromatic heterocycles. The fourth-order valence-electron chi connectivity index (χ4n) is 2.85. The van der Waals surface area contributed by atoms with E-state index in [0.717, 1.165) is 53.8 Å². The minimum absolute atomic E-state index is 0.0115. The Hall–Kier alpha value is -2.11. The minimum atomic E-state index is -0.0115. The molecule has 1 N–H and O–H groups in total. The fraction of sp³-hybridized carbons (Fsp3) is 0.440. The van der Waals surface area contributed by atoms with Crippen molar-refractivity contribution >= 4 is 28.9 Å². The molecule has 0 aliphatic carbocycles. The number of hydrogen-bond donors (Lipinski definition) is 1. The van der Waals surface area contributed by atoms with Crippen LogP contribution in [0.2, 0.25) is 0 Å². The van der Waals surface area contributed by atoms with E-state index >= 15 is 0 Å². The highest BCUT2D eigenvalue weighted by atomic mass is 32.2. The van der Waals surface area contributed by atoms with Crippen molar-refractivity contribution in [2.45, 2.75) is 57.9 Å². The van der Waals surface area contributed by atoms with Gasteiger partial charge in [0.1, 0.15) is 5.03 Å². The number of para-hydroxylation sites is 1. The summed E-state index contributed by atoms with van der Waals surface area (Å²) < 4.78 is 5.69. The van der Waals surface area contributed by atoms with Crippen molar-refractivity contribution in [1.82, 2.24) is 10.3 Å². The van der Waals surface area contributed by atoms with E-state index in [0.29, 0.717) is 12.5 Å². The first kappa shape index (κ1) is 24.2. The molecule has 1 aromatic carbocycles. The third-order valence-corrected chi connectivity index (χ3v) is 5.17. The highest BCUT2D eigenvalue weighted by molar-refractivity contribution is 7.94. The zero-order valence-electron chi connectivity index (χ0n) is 18.4. The third-order valence-electron chi connectivity index (χ3n) is 4.49. The molecule has 0 saturated carbocycles. The summed E-state index contributed by atoms with van der Waals surface area (Å²) in [5.74, 6) is 0.458. The van der Waals surface area contributed by atoms with Crippen LogP contribution in [0, 0.1) is 5.92 Å². The van der Waals surface area contributed by atoms with Crippen LogP contribution in [0.4, 0.5) is 0 Å². The lowest BCUT2D eigenvalue weighted by atomic mass is 10.1. The van der Waals surface area contributed by atoms with Gasteiger partial charge in [0, 0.05) is 30.0 Å². The number of pyridine rings is 1. The SMILES string of the molecule is CC(C=CCCCCCCOSc1ccc2ccccc2n1)=CC(=O)NCC(C)C. The first-order valence-corrected chi connectivity index (χ1v) is 11.6. The molecule has 0 unspecified atom stereocenters. The zero-order valence-corrected chi connectivity index (χ0v) is 19.2. The van der Waals surface area contributed by atoms with Gasteiger partial charge in [-0.2, -0.15) is 0 Å². The number of fused-ring (bicyclic) bond motifs is 1. The van der Waals surface area contributed by atoms with Crippen molar-refractivity contribution in [3.8, 4) is 0 Å². The van der Waals surface area contributed by atoms with Crippen LogP contribution in [0.5, 0.6) is 0 Å². The van der Waals surface area contributed by atoms with Crippen LogP contribution >= 0.6 is 12.0 Å². The Morgan fingerprint density at radius 1 is 1.13 bits per heavy atom. The van der Waals surface area contributed by atoms with E-state index in [4.69, 9.17) is 4.18 Å². The van der Waals surface area contributed by atoms with Gasteiger partial charge in [0.15, 0.2) is 0 Å². The second-order valence-corrected chi connectivity index (χ2v) is 8.70. The predicted octanol–water partition coefficient (Wildman–Crippen LogP) is 6.48. The van der Waals surface area contributed by atoms with Crippen molar-refractivity contribution in [1.29, 1.82) is 0 Å². The number of rotatable bonds is 13. The van der Waals surface area contributed by atoms with Gasteiger partial charge in [0.25, 0.3) is 0 Å². The summed E-state index contributed by atoms with van der Waals surface area (Å²) >= 11 is 1.36. The van der Waals surface area contributed by atoms with Gasteiger partial charge in [-0.25, -0.2) is 4.98 Å². The average Bonchev–Trinajstić information content (AvgIpc) is 2.73. The summed E-state index contributed by atoms with van der Waals surface area (Å²) in [6.07, 6.45) is 11.4. The van der Waals surface area contributed by atoms with Gasteiger partial charge in [-0.05, 0) is 49.8 Å². The first-order chi connectivity index (χ1) is 14.5. The zero-order chi connectivity index (χ0) is 21.6.